The number of esters is 1. The molecule has 0 spiro atoms. The van der Waals surface area contributed by atoms with Crippen molar-refractivity contribution in [2.24, 2.45) is 10.4 Å². The number of aromatic nitrogens is 1. The number of carboxylic acid groups (broad SMARTS) is 1. The summed E-state index contributed by atoms with van der Waals surface area (Å²) in [6, 6.07) is 0.941. The maximum absolute atomic E-state index is 14.9. The van der Waals surface area contributed by atoms with Crippen LogP contribution in [-0.4, -0.2) is 64.9 Å². The lowest BCUT2D eigenvalue weighted by Crippen LogP contribution is -2.48. The Balaban J connectivity index is 1.87. The maximum Gasteiger partial charge on any atom is 0.338 e. The Kier molecular flexibility index (Phi) is 6.88. The largest absolute Gasteiger partial charge is 0.480 e. The van der Waals surface area contributed by atoms with Crippen molar-refractivity contribution >= 4 is 40.7 Å². The molecule has 192 valence electrons. The summed E-state index contributed by atoms with van der Waals surface area (Å²) in [4.78, 5) is 34.9. The van der Waals surface area contributed by atoms with Crippen LogP contribution in [0.25, 0.3) is 0 Å². The highest BCUT2D eigenvalue weighted by atomic mass is 35.5. The molecule has 2 atom stereocenters. The molecule has 0 radical (unpaired) electrons. The summed E-state index contributed by atoms with van der Waals surface area (Å²) in [5.41, 5.74) is -1.57. The van der Waals surface area contributed by atoms with Crippen LogP contribution in [0.2, 0.25) is 5.02 Å². The Morgan fingerprint density at radius 3 is 2.67 bits per heavy atom. The standard InChI is InChI=1S/C23H22ClF3N4O4S/c1-22(2)17(20(32)33)31(10-23(22,26)27)9-14-15(21(34)35-3)16(12-5-4-11(25)8-13(12)24)30-18(29-14)19-28-6-7-36-19/h4-8,16-17H,9-10H2,1-3H3,(H,29,30)(H,32,33)/t16-,17+/m0/s1. The van der Waals surface area contributed by atoms with E-state index in [4.69, 9.17) is 16.3 Å². The average molecular weight is 543 g/mol. The number of carboxylic acids is 1. The number of ether oxygens (including phenoxy) is 1. The molecule has 0 amide bonds. The summed E-state index contributed by atoms with van der Waals surface area (Å²) in [7, 11) is 1.14. The fourth-order valence-corrected chi connectivity index (χ4v) is 5.35. The third-order valence-corrected chi connectivity index (χ3v) is 7.52. The third kappa shape index (κ3) is 4.48. The predicted octanol–water partition coefficient (Wildman–Crippen LogP) is 3.88. The molecule has 2 aliphatic rings. The van der Waals surface area contributed by atoms with E-state index in [0.29, 0.717) is 5.01 Å². The van der Waals surface area contributed by atoms with Gasteiger partial charge in [0.05, 0.1) is 24.6 Å². The Morgan fingerprint density at radius 2 is 2.08 bits per heavy atom. The van der Waals surface area contributed by atoms with Crippen LogP contribution in [0.1, 0.15) is 30.5 Å². The molecule has 3 heterocycles. The van der Waals surface area contributed by atoms with Crippen molar-refractivity contribution in [3.05, 3.63) is 62.5 Å². The van der Waals surface area contributed by atoms with Crippen molar-refractivity contribution in [1.82, 2.24) is 15.2 Å². The number of aliphatic carboxylic acids is 1. The number of nitrogens with zero attached hydrogens (tertiary/aromatic N) is 3. The van der Waals surface area contributed by atoms with Gasteiger partial charge in [-0.3, -0.25) is 14.7 Å². The lowest BCUT2D eigenvalue weighted by atomic mass is 9.82. The van der Waals surface area contributed by atoms with Crippen LogP contribution in [0.5, 0.6) is 0 Å². The summed E-state index contributed by atoms with van der Waals surface area (Å²) in [5, 5.41) is 14.9. The number of carbonyl (C=O) groups is 2. The highest BCUT2D eigenvalue weighted by Gasteiger charge is 2.63. The average Bonchev–Trinajstić information content (AvgIpc) is 3.37. The fraction of sp³-hybridized carbons (Fsp3) is 0.391. The molecule has 1 aromatic heterocycles. The molecule has 2 N–H and O–H groups in total. The first-order valence-corrected chi connectivity index (χ1v) is 12.0. The van der Waals surface area contributed by atoms with E-state index < -0.39 is 47.7 Å². The summed E-state index contributed by atoms with van der Waals surface area (Å²) in [5.74, 6) is -5.95. The molecular weight excluding hydrogens is 521 g/mol. The van der Waals surface area contributed by atoms with E-state index >= 15 is 0 Å². The Labute approximate surface area is 213 Å². The second-order valence-electron chi connectivity index (χ2n) is 8.96. The number of aliphatic imine (C=N–C) groups is 1. The van der Waals surface area contributed by atoms with Gasteiger partial charge in [-0.25, -0.2) is 22.9 Å². The molecule has 0 unspecified atom stereocenters. The van der Waals surface area contributed by atoms with E-state index in [9.17, 15) is 27.9 Å². The summed E-state index contributed by atoms with van der Waals surface area (Å²) in [6.45, 7) is 1.18. The SMILES string of the molecule is COC(=O)C1=C(CN2CC(F)(F)C(C)(C)[C@H]2C(=O)O)NC(c2nccs2)=N[C@H]1c1ccc(F)cc1Cl. The number of amidine groups is 1. The minimum absolute atomic E-state index is 0.0119. The minimum atomic E-state index is -3.32. The van der Waals surface area contributed by atoms with E-state index in [1.807, 2.05) is 0 Å². The summed E-state index contributed by atoms with van der Waals surface area (Å²) < 4.78 is 48.5. The van der Waals surface area contributed by atoms with Gasteiger partial charge in [0.25, 0.3) is 5.92 Å². The number of hydrogen-bond acceptors (Lipinski definition) is 8. The van der Waals surface area contributed by atoms with Crippen LogP contribution in [-0.2, 0) is 14.3 Å². The monoisotopic (exact) mass is 542 g/mol. The number of benzene rings is 1. The fourth-order valence-electron chi connectivity index (χ4n) is 4.49. The van der Waals surface area contributed by atoms with Gasteiger partial charge < -0.3 is 15.2 Å². The highest BCUT2D eigenvalue weighted by Crippen LogP contribution is 2.48. The quantitative estimate of drug-likeness (QED) is 0.534. The van der Waals surface area contributed by atoms with Gasteiger partial charge in [-0.1, -0.05) is 31.5 Å². The van der Waals surface area contributed by atoms with Crippen LogP contribution < -0.4 is 5.32 Å². The van der Waals surface area contributed by atoms with Crippen LogP contribution in [0, 0.1) is 11.2 Å². The van der Waals surface area contributed by atoms with Gasteiger partial charge in [-0.05, 0) is 12.1 Å². The number of nitrogens with one attached hydrogen (secondary N) is 1. The zero-order valence-electron chi connectivity index (χ0n) is 19.4. The number of halogens is 4. The number of methoxy groups -OCH3 is 1. The molecule has 0 bridgehead atoms. The van der Waals surface area contributed by atoms with E-state index in [1.54, 1.807) is 5.38 Å². The Hall–Kier alpha value is -2.96. The number of alkyl halides is 2. The van der Waals surface area contributed by atoms with Crippen molar-refractivity contribution in [2.75, 3.05) is 20.2 Å². The van der Waals surface area contributed by atoms with Gasteiger partial charge in [-0.15, -0.1) is 11.3 Å². The molecule has 1 aromatic carbocycles. The molecule has 8 nitrogen and oxygen atoms in total. The molecule has 2 aliphatic heterocycles. The molecule has 13 heteroatoms. The number of rotatable bonds is 6. The van der Waals surface area contributed by atoms with Crippen LogP contribution in [0.15, 0.2) is 46.0 Å². The lowest BCUT2D eigenvalue weighted by molar-refractivity contribution is -0.149. The first-order valence-electron chi connectivity index (χ1n) is 10.7. The Morgan fingerprint density at radius 1 is 1.36 bits per heavy atom. The molecule has 0 aliphatic carbocycles. The van der Waals surface area contributed by atoms with Gasteiger partial charge in [0.1, 0.15) is 17.9 Å². The molecule has 2 aromatic rings. The smallest absolute Gasteiger partial charge is 0.338 e. The summed E-state index contributed by atoms with van der Waals surface area (Å²) in [6.07, 6.45) is 1.54. The molecule has 4 rings (SSSR count). The van der Waals surface area contributed by atoms with Crippen LogP contribution in [0.4, 0.5) is 13.2 Å². The lowest BCUT2D eigenvalue weighted by Gasteiger charge is -2.32. The second kappa shape index (κ2) is 9.49. The van der Waals surface area contributed by atoms with Crippen molar-refractivity contribution < 1.29 is 32.6 Å². The topological polar surface area (TPSA) is 104 Å². The number of carbonyl (C=O) groups excluding carboxylic acids is 1. The predicted molar refractivity (Wildman–Crippen MR) is 127 cm³/mol. The van der Waals surface area contributed by atoms with Gasteiger partial charge in [-0.2, -0.15) is 0 Å². The van der Waals surface area contributed by atoms with E-state index in [2.05, 4.69) is 15.3 Å². The highest BCUT2D eigenvalue weighted by molar-refractivity contribution is 7.11. The number of likely N-dealkylation sites (tertiary alicyclic amines) is 1. The molecule has 1 saturated heterocycles. The molecular formula is C23H22ClF3N4O4S. The van der Waals surface area contributed by atoms with Gasteiger partial charge in [0.2, 0.25) is 0 Å². The van der Waals surface area contributed by atoms with Gasteiger partial charge in [0.15, 0.2) is 10.8 Å². The zero-order valence-corrected chi connectivity index (χ0v) is 21.0. The Bertz CT molecular complexity index is 1270. The van der Waals surface area contributed by atoms with Crippen molar-refractivity contribution in [1.29, 1.82) is 0 Å². The van der Waals surface area contributed by atoms with Crippen LogP contribution >= 0.6 is 22.9 Å². The van der Waals surface area contributed by atoms with Crippen molar-refractivity contribution in [3.8, 4) is 0 Å². The third-order valence-electron chi connectivity index (χ3n) is 6.41. The minimum Gasteiger partial charge on any atom is -0.480 e. The summed E-state index contributed by atoms with van der Waals surface area (Å²) >= 11 is 7.54. The van der Waals surface area contributed by atoms with Crippen molar-refractivity contribution in [2.45, 2.75) is 31.9 Å². The first kappa shape index (κ1) is 26.1. The first-order chi connectivity index (χ1) is 16.9. The van der Waals surface area contributed by atoms with Crippen LogP contribution in [0.3, 0.4) is 0 Å². The van der Waals surface area contributed by atoms with Gasteiger partial charge >= 0.3 is 11.9 Å². The second-order valence-corrected chi connectivity index (χ2v) is 10.3. The number of thiazole rings is 1. The molecule has 0 saturated carbocycles. The van der Waals surface area contributed by atoms with Crippen molar-refractivity contribution in [3.63, 3.8) is 0 Å². The maximum atomic E-state index is 14.9. The van der Waals surface area contributed by atoms with E-state index in [1.165, 1.54) is 37.4 Å². The van der Waals surface area contributed by atoms with Gasteiger partial charge in [0, 0.05) is 34.4 Å². The molecule has 1 fully saturated rings. The number of hydrogen-bond donors (Lipinski definition) is 2. The van der Waals surface area contributed by atoms with E-state index in [0.717, 1.165) is 24.1 Å². The molecule has 36 heavy (non-hydrogen) atoms. The zero-order chi connectivity index (χ0) is 26.4. The normalized spacial score (nSPS) is 23.2. The van der Waals surface area contributed by atoms with E-state index in [-0.39, 0.29) is 34.2 Å².